The lowest BCUT2D eigenvalue weighted by Crippen LogP contribution is -2.43. The molecule has 2 aromatic heterocycles. The van der Waals surface area contributed by atoms with E-state index in [4.69, 9.17) is 0 Å². The van der Waals surface area contributed by atoms with E-state index < -0.39 is 0 Å². The van der Waals surface area contributed by atoms with Gasteiger partial charge < -0.3 is 14.8 Å². The third-order valence-electron chi connectivity index (χ3n) is 5.16. The van der Waals surface area contributed by atoms with Crippen LogP contribution in [-0.4, -0.2) is 47.2 Å². The molecular weight excluding hydrogens is 339 g/mol. The third-order valence-corrected chi connectivity index (χ3v) is 5.16. The van der Waals surface area contributed by atoms with Gasteiger partial charge in [0, 0.05) is 62.4 Å². The maximum absolute atomic E-state index is 13.4. The highest BCUT2D eigenvalue weighted by Crippen LogP contribution is 2.33. The number of piperazine rings is 1. The summed E-state index contributed by atoms with van der Waals surface area (Å²) in [5.74, 6) is -0.209. The van der Waals surface area contributed by atoms with E-state index in [2.05, 4.69) is 32.0 Å². The van der Waals surface area contributed by atoms with E-state index in [1.165, 1.54) is 17.8 Å². The topological polar surface area (TPSA) is 33.1 Å². The van der Waals surface area contributed by atoms with Crippen molar-refractivity contribution in [3.05, 3.63) is 66.9 Å². The maximum atomic E-state index is 13.4. The highest BCUT2D eigenvalue weighted by molar-refractivity contribution is 5.81. The molecule has 1 aliphatic rings. The number of nitrogens with one attached hydrogen (secondary N) is 1. The van der Waals surface area contributed by atoms with Crippen molar-refractivity contribution in [2.75, 3.05) is 32.7 Å². The van der Waals surface area contributed by atoms with E-state index in [1.807, 2.05) is 36.7 Å². The predicted molar refractivity (Wildman–Crippen MR) is 107 cm³/mol. The van der Waals surface area contributed by atoms with Crippen molar-refractivity contribution in [3.8, 4) is 22.4 Å². The van der Waals surface area contributed by atoms with Crippen molar-refractivity contribution in [1.82, 2.24) is 19.8 Å². The first-order valence-corrected chi connectivity index (χ1v) is 9.60. The quantitative estimate of drug-likeness (QED) is 0.725. The van der Waals surface area contributed by atoms with Gasteiger partial charge in [-0.15, -0.1) is 0 Å². The Kier molecular flexibility index (Phi) is 5.61. The molecule has 0 unspecified atom stereocenters. The summed E-state index contributed by atoms with van der Waals surface area (Å²) in [5, 5.41) is 3.40. The Balaban J connectivity index is 1.58. The van der Waals surface area contributed by atoms with Crippen LogP contribution >= 0.6 is 0 Å². The smallest absolute Gasteiger partial charge is 0.123 e. The number of benzene rings is 1. The molecule has 0 saturated carbocycles. The van der Waals surface area contributed by atoms with E-state index in [1.54, 1.807) is 0 Å². The third kappa shape index (κ3) is 4.26. The number of pyridine rings is 1. The Hall–Kier alpha value is -2.50. The fraction of sp³-hybridized carbons (Fsp3) is 0.318. The van der Waals surface area contributed by atoms with Crippen molar-refractivity contribution in [2.24, 2.45) is 0 Å². The number of rotatable bonds is 6. The number of aromatic nitrogens is 2. The number of nitrogens with zero attached hydrogens (tertiary/aromatic N) is 3. The zero-order valence-corrected chi connectivity index (χ0v) is 15.4. The summed E-state index contributed by atoms with van der Waals surface area (Å²) in [6, 6.07) is 12.9. The molecule has 1 aliphatic heterocycles. The molecule has 1 saturated heterocycles. The van der Waals surface area contributed by atoms with Gasteiger partial charge in [0.15, 0.2) is 0 Å². The molecule has 0 atom stereocenters. The second-order valence-electron chi connectivity index (χ2n) is 6.96. The van der Waals surface area contributed by atoms with Crippen LogP contribution in [0.25, 0.3) is 22.4 Å². The van der Waals surface area contributed by atoms with Crippen LogP contribution in [0.3, 0.4) is 0 Å². The largest absolute Gasteiger partial charge is 0.347 e. The van der Waals surface area contributed by atoms with Crippen LogP contribution in [0.5, 0.6) is 0 Å². The molecule has 4 nitrogen and oxygen atoms in total. The standard InChI is InChI=1S/C22H25FN4/c23-20-4-2-18(3-5-20)21-8-15-27(22(21)19-6-9-24-10-7-19)14-1-13-26-16-11-25-12-17-26/h2-10,15,25H,1,11-14,16-17H2. The van der Waals surface area contributed by atoms with Gasteiger partial charge in [0.2, 0.25) is 0 Å². The molecule has 0 amide bonds. The number of aryl methyl sites for hydroxylation is 1. The second-order valence-corrected chi connectivity index (χ2v) is 6.96. The molecule has 1 fully saturated rings. The zero-order chi connectivity index (χ0) is 18.5. The fourth-order valence-corrected chi connectivity index (χ4v) is 3.75. The minimum absolute atomic E-state index is 0.209. The highest BCUT2D eigenvalue weighted by Gasteiger charge is 2.14. The monoisotopic (exact) mass is 364 g/mol. The summed E-state index contributed by atoms with van der Waals surface area (Å²) in [5.41, 5.74) is 4.47. The number of halogens is 1. The molecular formula is C22H25FN4. The van der Waals surface area contributed by atoms with E-state index >= 15 is 0 Å². The fourth-order valence-electron chi connectivity index (χ4n) is 3.75. The van der Waals surface area contributed by atoms with Gasteiger partial charge in [-0.25, -0.2) is 4.39 Å². The van der Waals surface area contributed by atoms with Gasteiger partial charge in [-0.2, -0.15) is 0 Å². The summed E-state index contributed by atoms with van der Waals surface area (Å²) in [6.07, 6.45) is 6.89. The molecule has 4 rings (SSSR count). The number of hydrogen-bond donors (Lipinski definition) is 1. The van der Waals surface area contributed by atoms with Crippen molar-refractivity contribution >= 4 is 0 Å². The second kappa shape index (κ2) is 8.46. The van der Waals surface area contributed by atoms with E-state index in [-0.39, 0.29) is 5.82 Å². The summed E-state index contributed by atoms with van der Waals surface area (Å²) in [4.78, 5) is 6.67. The minimum atomic E-state index is -0.209. The lowest BCUT2D eigenvalue weighted by atomic mass is 10.0. The van der Waals surface area contributed by atoms with E-state index in [0.29, 0.717) is 0 Å². The first-order valence-electron chi connectivity index (χ1n) is 9.60. The van der Waals surface area contributed by atoms with Crippen LogP contribution in [0.4, 0.5) is 4.39 Å². The first kappa shape index (κ1) is 17.9. The van der Waals surface area contributed by atoms with E-state index in [0.717, 1.165) is 62.4 Å². The van der Waals surface area contributed by atoms with Gasteiger partial charge in [-0.3, -0.25) is 4.98 Å². The molecule has 5 heteroatoms. The summed E-state index contributed by atoms with van der Waals surface area (Å²) in [7, 11) is 0. The highest BCUT2D eigenvalue weighted by atomic mass is 19.1. The molecule has 27 heavy (non-hydrogen) atoms. The van der Waals surface area contributed by atoms with Gasteiger partial charge in [0.05, 0.1) is 5.69 Å². The predicted octanol–water partition coefficient (Wildman–Crippen LogP) is 3.65. The van der Waals surface area contributed by atoms with Crippen LogP contribution in [0.2, 0.25) is 0 Å². The Morgan fingerprint density at radius 3 is 2.37 bits per heavy atom. The minimum Gasteiger partial charge on any atom is -0.347 e. The van der Waals surface area contributed by atoms with Gasteiger partial charge >= 0.3 is 0 Å². The maximum Gasteiger partial charge on any atom is 0.123 e. The first-order chi connectivity index (χ1) is 13.3. The average molecular weight is 364 g/mol. The molecule has 0 bridgehead atoms. The van der Waals surface area contributed by atoms with Crippen molar-refractivity contribution < 1.29 is 4.39 Å². The Morgan fingerprint density at radius 1 is 0.889 bits per heavy atom. The Labute approximate surface area is 159 Å². The summed E-state index contributed by atoms with van der Waals surface area (Å²) < 4.78 is 15.7. The van der Waals surface area contributed by atoms with Crippen molar-refractivity contribution in [3.63, 3.8) is 0 Å². The van der Waals surface area contributed by atoms with Crippen molar-refractivity contribution in [1.29, 1.82) is 0 Å². The van der Waals surface area contributed by atoms with Crippen LogP contribution in [0, 0.1) is 5.82 Å². The zero-order valence-electron chi connectivity index (χ0n) is 15.4. The molecule has 0 spiro atoms. The van der Waals surface area contributed by atoms with Crippen molar-refractivity contribution in [2.45, 2.75) is 13.0 Å². The van der Waals surface area contributed by atoms with E-state index in [9.17, 15) is 4.39 Å². The van der Waals surface area contributed by atoms with Gasteiger partial charge in [-0.1, -0.05) is 12.1 Å². The Bertz CT molecular complexity index is 852. The molecule has 0 radical (unpaired) electrons. The summed E-state index contributed by atoms with van der Waals surface area (Å²) >= 11 is 0. The Morgan fingerprint density at radius 2 is 1.63 bits per heavy atom. The average Bonchev–Trinajstić information content (AvgIpc) is 3.14. The lowest BCUT2D eigenvalue weighted by Gasteiger charge is -2.27. The van der Waals surface area contributed by atoms with Crippen LogP contribution in [0.1, 0.15) is 6.42 Å². The van der Waals surface area contributed by atoms with Gasteiger partial charge in [-0.05, 0) is 48.9 Å². The normalized spacial score (nSPS) is 15.1. The lowest BCUT2D eigenvalue weighted by molar-refractivity contribution is 0.235. The molecule has 1 aromatic carbocycles. The molecule has 140 valence electrons. The van der Waals surface area contributed by atoms with Crippen LogP contribution in [0.15, 0.2) is 61.1 Å². The van der Waals surface area contributed by atoms with Crippen LogP contribution < -0.4 is 5.32 Å². The van der Waals surface area contributed by atoms with Gasteiger partial charge in [0.25, 0.3) is 0 Å². The van der Waals surface area contributed by atoms with Crippen LogP contribution in [-0.2, 0) is 6.54 Å². The van der Waals surface area contributed by atoms with Gasteiger partial charge in [0.1, 0.15) is 5.82 Å². The summed E-state index contributed by atoms with van der Waals surface area (Å²) in [6.45, 7) is 6.50. The molecule has 3 heterocycles. The molecule has 0 aliphatic carbocycles. The molecule has 3 aromatic rings. The molecule has 1 N–H and O–H groups in total. The SMILES string of the molecule is Fc1ccc(-c2ccn(CCCN3CCNCC3)c2-c2ccncc2)cc1. The number of hydrogen-bond acceptors (Lipinski definition) is 3.